The monoisotopic (exact) mass is 149 g/mol. The Morgan fingerprint density at radius 1 is 1.36 bits per heavy atom. The van der Waals surface area contributed by atoms with Gasteiger partial charge in [-0.1, -0.05) is 6.07 Å². The lowest BCUT2D eigenvalue weighted by Gasteiger charge is -2.00. The van der Waals surface area contributed by atoms with Crippen molar-refractivity contribution in [3.8, 4) is 6.07 Å². The lowest BCUT2D eigenvalue weighted by Crippen LogP contribution is -1.90. The van der Waals surface area contributed by atoms with Gasteiger partial charge in [-0.15, -0.1) is 0 Å². The van der Waals surface area contributed by atoms with E-state index in [-0.39, 0.29) is 5.82 Å². The van der Waals surface area contributed by atoms with E-state index < -0.39 is 0 Å². The van der Waals surface area contributed by atoms with Crippen LogP contribution in [0.3, 0.4) is 0 Å². The van der Waals surface area contributed by atoms with Gasteiger partial charge in [0.1, 0.15) is 5.82 Å². The minimum atomic E-state index is -0.274. The van der Waals surface area contributed by atoms with E-state index in [1.807, 2.05) is 6.07 Å². The summed E-state index contributed by atoms with van der Waals surface area (Å²) in [5, 5.41) is 8.52. The van der Waals surface area contributed by atoms with Crippen molar-refractivity contribution in [1.82, 2.24) is 0 Å². The molecule has 0 unspecified atom stereocenters. The predicted molar refractivity (Wildman–Crippen MR) is 40.6 cm³/mol. The lowest BCUT2D eigenvalue weighted by atomic mass is 10.1. The van der Waals surface area contributed by atoms with Crippen LogP contribution in [0.2, 0.25) is 0 Å². The zero-order chi connectivity index (χ0) is 8.43. The van der Waals surface area contributed by atoms with E-state index in [9.17, 15) is 4.39 Å². The van der Waals surface area contributed by atoms with Gasteiger partial charge < -0.3 is 0 Å². The fourth-order valence-electron chi connectivity index (χ4n) is 0.942. The van der Waals surface area contributed by atoms with Crippen LogP contribution in [-0.2, 0) is 0 Å². The van der Waals surface area contributed by atoms with Gasteiger partial charge in [0.05, 0.1) is 11.6 Å². The number of hydrogen-bond acceptors (Lipinski definition) is 1. The largest absolute Gasteiger partial charge is 0.206 e. The van der Waals surface area contributed by atoms with E-state index in [2.05, 4.69) is 0 Å². The molecule has 0 saturated heterocycles. The van der Waals surface area contributed by atoms with E-state index in [0.717, 1.165) is 0 Å². The molecule has 56 valence electrons. The van der Waals surface area contributed by atoms with Gasteiger partial charge in [0.2, 0.25) is 0 Å². The third-order valence-electron chi connectivity index (χ3n) is 1.70. The molecule has 1 aromatic carbocycles. The molecule has 0 aliphatic rings. The third kappa shape index (κ3) is 1.22. The summed E-state index contributed by atoms with van der Waals surface area (Å²) in [6.45, 7) is 3.30. The van der Waals surface area contributed by atoms with Crippen LogP contribution in [0.5, 0.6) is 0 Å². The Labute approximate surface area is 65.1 Å². The average Bonchev–Trinajstić information content (AvgIpc) is 2.01. The first-order chi connectivity index (χ1) is 5.16. The molecule has 0 spiro atoms. The number of nitrogens with zero attached hydrogens (tertiary/aromatic N) is 1. The highest BCUT2D eigenvalue weighted by atomic mass is 19.1. The van der Waals surface area contributed by atoms with Crippen molar-refractivity contribution >= 4 is 0 Å². The van der Waals surface area contributed by atoms with Crippen LogP contribution in [-0.4, -0.2) is 0 Å². The minimum absolute atomic E-state index is 0.274. The topological polar surface area (TPSA) is 23.8 Å². The Bertz CT molecular complexity index is 323. The van der Waals surface area contributed by atoms with Crippen LogP contribution in [0, 0.1) is 31.0 Å². The first-order valence-corrected chi connectivity index (χ1v) is 3.32. The highest BCUT2D eigenvalue weighted by Gasteiger charge is 2.04. The molecule has 0 radical (unpaired) electrons. The summed E-state index contributed by atoms with van der Waals surface area (Å²) in [5.41, 5.74) is 1.43. The Balaban J connectivity index is 3.40. The highest BCUT2D eigenvalue weighted by Crippen LogP contribution is 2.14. The van der Waals surface area contributed by atoms with Gasteiger partial charge in [-0.2, -0.15) is 5.26 Å². The SMILES string of the molecule is Cc1ccc(C#N)c(C)c1F. The molecule has 0 bridgehead atoms. The number of halogens is 1. The van der Waals surface area contributed by atoms with Crippen molar-refractivity contribution in [1.29, 1.82) is 5.26 Å². The molecule has 0 fully saturated rings. The lowest BCUT2D eigenvalue weighted by molar-refractivity contribution is 0.608. The van der Waals surface area contributed by atoms with Gasteiger partial charge in [-0.3, -0.25) is 0 Å². The Hall–Kier alpha value is -1.36. The second-order valence-corrected chi connectivity index (χ2v) is 2.48. The van der Waals surface area contributed by atoms with Crippen molar-refractivity contribution in [2.45, 2.75) is 13.8 Å². The Morgan fingerprint density at radius 3 is 2.55 bits per heavy atom. The second kappa shape index (κ2) is 2.71. The van der Waals surface area contributed by atoms with Crippen LogP contribution in [0.1, 0.15) is 16.7 Å². The van der Waals surface area contributed by atoms with Gasteiger partial charge in [0, 0.05) is 5.56 Å². The predicted octanol–water partition coefficient (Wildman–Crippen LogP) is 2.31. The molecule has 1 rings (SSSR count). The molecule has 1 nitrogen and oxygen atoms in total. The number of hydrogen-bond donors (Lipinski definition) is 0. The molecule has 0 aromatic heterocycles. The summed E-state index contributed by atoms with van der Waals surface area (Å²) in [6, 6.07) is 5.17. The Kier molecular flexibility index (Phi) is 1.91. The molecule has 0 aliphatic heterocycles. The maximum Gasteiger partial charge on any atom is 0.130 e. The van der Waals surface area contributed by atoms with Gasteiger partial charge >= 0.3 is 0 Å². The summed E-state index contributed by atoms with van der Waals surface area (Å²) in [4.78, 5) is 0. The number of aryl methyl sites for hydroxylation is 1. The number of rotatable bonds is 0. The molecule has 0 atom stereocenters. The van der Waals surface area contributed by atoms with E-state index in [1.54, 1.807) is 26.0 Å². The van der Waals surface area contributed by atoms with Crippen LogP contribution in [0.25, 0.3) is 0 Å². The first kappa shape index (κ1) is 7.74. The van der Waals surface area contributed by atoms with Crippen LogP contribution >= 0.6 is 0 Å². The van der Waals surface area contributed by atoms with Gasteiger partial charge in [0.25, 0.3) is 0 Å². The summed E-state index contributed by atoms with van der Waals surface area (Å²) in [6.07, 6.45) is 0. The quantitative estimate of drug-likeness (QED) is 0.555. The molecule has 0 amide bonds. The molecule has 0 N–H and O–H groups in total. The molecule has 0 aliphatic carbocycles. The van der Waals surface area contributed by atoms with E-state index >= 15 is 0 Å². The molecule has 1 aromatic rings. The van der Waals surface area contributed by atoms with Crippen molar-refractivity contribution in [3.05, 3.63) is 34.6 Å². The maximum atomic E-state index is 13.0. The second-order valence-electron chi connectivity index (χ2n) is 2.48. The summed E-state index contributed by atoms with van der Waals surface area (Å²) in [5.74, 6) is -0.274. The van der Waals surface area contributed by atoms with E-state index in [1.165, 1.54) is 0 Å². The fourth-order valence-corrected chi connectivity index (χ4v) is 0.942. The molecular formula is C9H8FN. The maximum absolute atomic E-state index is 13.0. The van der Waals surface area contributed by atoms with Gasteiger partial charge in [-0.05, 0) is 25.5 Å². The normalized spacial score (nSPS) is 9.27. The number of nitriles is 1. The van der Waals surface area contributed by atoms with Crippen LogP contribution < -0.4 is 0 Å². The average molecular weight is 149 g/mol. The zero-order valence-electron chi connectivity index (χ0n) is 6.48. The van der Waals surface area contributed by atoms with Crippen LogP contribution in [0.15, 0.2) is 12.1 Å². The minimum Gasteiger partial charge on any atom is -0.206 e. The zero-order valence-corrected chi connectivity index (χ0v) is 6.48. The Morgan fingerprint density at radius 2 is 2.00 bits per heavy atom. The number of benzene rings is 1. The molecule has 11 heavy (non-hydrogen) atoms. The van der Waals surface area contributed by atoms with Crippen molar-refractivity contribution in [2.24, 2.45) is 0 Å². The van der Waals surface area contributed by atoms with Gasteiger partial charge in [0.15, 0.2) is 0 Å². The standard InChI is InChI=1S/C9H8FN/c1-6-3-4-8(5-11)7(2)9(6)10/h3-4H,1-2H3. The smallest absolute Gasteiger partial charge is 0.130 e. The van der Waals surface area contributed by atoms with E-state index in [0.29, 0.717) is 16.7 Å². The van der Waals surface area contributed by atoms with Crippen molar-refractivity contribution in [3.63, 3.8) is 0 Å². The summed E-state index contributed by atoms with van der Waals surface area (Å²) in [7, 11) is 0. The molecule has 2 heteroatoms. The highest BCUT2D eigenvalue weighted by molar-refractivity contribution is 5.40. The molecule has 0 heterocycles. The summed E-state index contributed by atoms with van der Waals surface area (Å²) < 4.78 is 13.0. The fraction of sp³-hybridized carbons (Fsp3) is 0.222. The van der Waals surface area contributed by atoms with E-state index in [4.69, 9.17) is 5.26 Å². The van der Waals surface area contributed by atoms with Crippen molar-refractivity contribution < 1.29 is 4.39 Å². The van der Waals surface area contributed by atoms with Crippen molar-refractivity contribution in [2.75, 3.05) is 0 Å². The van der Waals surface area contributed by atoms with Crippen LogP contribution in [0.4, 0.5) is 4.39 Å². The third-order valence-corrected chi connectivity index (χ3v) is 1.70. The molecular weight excluding hydrogens is 141 g/mol. The first-order valence-electron chi connectivity index (χ1n) is 3.32. The molecule has 0 saturated carbocycles. The van der Waals surface area contributed by atoms with Gasteiger partial charge in [-0.25, -0.2) is 4.39 Å². The summed E-state index contributed by atoms with van der Waals surface area (Å²) >= 11 is 0.